The molecule has 1 N–H and O–H groups in total. The molecule has 0 bridgehead atoms. The van der Waals surface area contributed by atoms with Gasteiger partial charge < -0.3 is 15.1 Å². The summed E-state index contributed by atoms with van der Waals surface area (Å²) in [6, 6.07) is 16.1. The van der Waals surface area contributed by atoms with E-state index < -0.39 is 0 Å². The summed E-state index contributed by atoms with van der Waals surface area (Å²) in [7, 11) is 3.66. The summed E-state index contributed by atoms with van der Waals surface area (Å²) in [6.07, 6.45) is 0.908. The first kappa shape index (κ1) is 19.2. The van der Waals surface area contributed by atoms with Crippen molar-refractivity contribution in [2.24, 2.45) is 4.99 Å². The Balaban J connectivity index is 1.54. The quantitative estimate of drug-likeness (QED) is 0.651. The highest BCUT2D eigenvalue weighted by Gasteiger charge is 2.20. The number of carbonyl (C=O) groups is 1. The molecule has 0 spiro atoms. The minimum atomic E-state index is 0.0850. The Hall–Kier alpha value is -2.53. The lowest BCUT2D eigenvalue weighted by molar-refractivity contribution is -0.130. The molecule has 0 atom stereocenters. The van der Waals surface area contributed by atoms with Gasteiger partial charge in [-0.3, -0.25) is 9.79 Å². The first-order chi connectivity index (χ1) is 13.1. The van der Waals surface area contributed by atoms with Gasteiger partial charge in [-0.25, -0.2) is 0 Å². The minimum Gasteiger partial charge on any atom is -0.347 e. The second kappa shape index (κ2) is 8.91. The van der Waals surface area contributed by atoms with Crippen molar-refractivity contribution in [2.45, 2.75) is 19.5 Å². The molecule has 1 amide bonds. The third-order valence-corrected chi connectivity index (χ3v) is 5.00. The number of nitrogens with one attached hydrogen (secondary N) is 1. The maximum absolute atomic E-state index is 12.6. The van der Waals surface area contributed by atoms with Crippen LogP contribution in [0.1, 0.15) is 16.7 Å². The molecule has 2 aromatic rings. The van der Waals surface area contributed by atoms with Crippen molar-refractivity contribution < 1.29 is 4.79 Å². The van der Waals surface area contributed by atoms with Crippen LogP contribution >= 0.6 is 11.6 Å². The molecule has 5 nitrogen and oxygen atoms in total. The number of rotatable bonds is 4. The Morgan fingerprint density at radius 3 is 2.74 bits per heavy atom. The van der Waals surface area contributed by atoms with Gasteiger partial charge in [0.1, 0.15) is 0 Å². The first-order valence-corrected chi connectivity index (χ1v) is 9.45. The second-order valence-electron chi connectivity index (χ2n) is 6.72. The van der Waals surface area contributed by atoms with Crippen LogP contribution in [0.15, 0.2) is 53.5 Å². The number of aliphatic imine (C=N–C) groups is 1. The summed E-state index contributed by atoms with van der Waals surface area (Å²) in [5.41, 5.74) is 3.66. The summed E-state index contributed by atoms with van der Waals surface area (Å²) in [5, 5.41) is 3.89. The topological polar surface area (TPSA) is 47.9 Å². The molecule has 0 fully saturated rings. The van der Waals surface area contributed by atoms with Crippen LogP contribution in [0.25, 0.3) is 0 Å². The Morgan fingerprint density at radius 2 is 2.00 bits per heavy atom. The van der Waals surface area contributed by atoms with E-state index in [9.17, 15) is 4.79 Å². The van der Waals surface area contributed by atoms with Crippen molar-refractivity contribution >= 4 is 23.5 Å². The summed E-state index contributed by atoms with van der Waals surface area (Å²) in [5.74, 6) is 0.766. The van der Waals surface area contributed by atoms with Crippen molar-refractivity contribution in [3.63, 3.8) is 0 Å². The summed E-state index contributed by atoms with van der Waals surface area (Å²) in [4.78, 5) is 20.8. The van der Waals surface area contributed by atoms with Crippen molar-refractivity contribution in [3.8, 4) is 0 Å². The largest absolute Gasteiger partial charge is 0.347 e. The molecule has 0 radical (unpaired) electrons. The molecule has 0 saturated carbocycles. The maximum atomic E-state index is 12.6. The van der Waals surface area contributed by atoms with Crippen LogP contribution in [0.4, 0.5) is 0 Å². The summed E-state index contributed by atoms with van der Waals surface area (Å²) in [6.45, 7) is 2.32. The van der Waals surface area contributed by atoms with E-state index >= 15 is 0 Å². The van der Waals surface area contributed by atoms with Crippen LogP contribution in [-0.2, 0) is 24.3 Å². The first-order valence-electron chi connectivity index (χ1n) is 9.07. The molecule has 0 aliphatic carbocycles. The van der Waals surface area contributed by atoms with E-state index in [1.807, 2.05) is 47.2 Å². The number of benzene rings is 2. The summed E-state index contributed by atoms with van der Waals surface area (Å²) < 4.78 is 0. The van der Waals surface area contributed by atoms with Crippen molar-refractivity contribution in [3.05, 3.63) is 70.2 Å². The maximum Gasteiger partial charge on any atom is 0.242 e. The molecule has 0 aromatic heterocycles. The van der Waals surface area contributed by atoms with Crippen LogP contribution in [0.3, 0.4) is 0 Å². The molecule has 0 unspecified atom stereocenters. The number of hydrogen-bond acceptors (Lipinski definition) is 2. The molecule has 1 aliphatic rings. The predicted molar refractivity (Wildman–Crippen MR) is 110 cm³/mol. The Kier molecular flexibility index (Phi) is 6.35. The fourth-order valence-electron chi connectivity index (χ4n) is 3.34. The highest BCUT2D eigenvalue weighted by atomic mass is 35.5. The zero-order chi connectivity index (χ0) is 19.2. The number of nitrogens with zero attached hydrogens (tertiary/aromatic N) is 3. The standard InChI is InChI=1S/C21H25ClN4O/c1-23-21(25(2)14-16-6-5-9-19(22)12-16)24-13-20(27)26-11-10-17-7-3-4-8-18(17)15-26/h3-9,12H,10-11,13-15H2,1-2H3,(H,23,24). The van der Waals surface area contributed by atoms with Gasteiger partial charge in [-0.1, -0.05) is 48.0 Å². The Labute approximate surface area is 165 Å². The van der Waals surface area contributed by atoms with Crippen LogP contribution in [0.5, 0.6) is 0 Å². The highest BCUT2D eigenvalue weighted by Crippen LogP contribution is 2.18. The lowest BCUT2D eigenvalue weighted by atomic mass is 10.00. The number of halogens is 1. The molecule has 1 heterocycles. The molecule has 3 rings (SSSR count). The second-order valence-corrected chi connectivity index (χ2v) is 7.16. The third kappa shape index (κ3) is 5.01. The average molecular weight is 385 g/mol. The van der Waals surface area contributed by atoms with Gasteiger partial charge in [0.25, 0.3) is 0 Å². The number of amides is 1. The van der Waals surface area contributed by atoms with E-state index in [-0.39, 0.29) is 12.5 Å². The van der Waals surface area contributed by atoms with E-state index in [0.29, 0.717) is 24.1 Å². The predicted octanol–water partition coefficient (Wildman–Crippen LogP) is 2.93. The van der Waals surface area contributed by atoms with E-state index in [0.717, 1.165) is 18.5 Å². The van der Waals surface area contributed by atoms with Crippen molar-refractivity contribution in [1.82, 2.24) is 15.1 Å². The van der Waals surface area contributed by atoms with Gasteiger partial charge in [-0.15, -0.1) is 0 Å². The third-order valence-electron chi connectivity index (χ3n) is 4.76. The van der Waals surface area contributed by atoms with E-state index in [2.05, 4.69) is 28.5 Å². The van der Waals surface area contributed by atoms with Crippen molar-refractivity contribution in [2.75, 3.05) is 27.2 Å². The van der Waals surface area contributed by atoms with Crippen LogP contribution in [0.2, 0.25) is 5.02 Å². The Bertz CT molecular complexity index is 836. The SMILES string of the molecule is CN=C(NCC(=O)N1CCc2ccccc2C1)N(C)Cc1cccc(Cl)c1. The van der Waals surface area contributed by atoms with Crippen molar-refractivity contribution in [1.29, 1.82) is 0 Å². The fraction of sp³-hybridized carbons (Fsp3) is 0.333. The zero-order valence-corrected chi connectivity index (χ0v) is 16.5. The molecular formula is C21H25ClN4O. The van der Waals surface area contributed by atoms with Gasteiger partial charge in [0.15, 0.2) is 5.96 Å². The Morgan fingerprint density at radius 1 is 1.22 bits per heavy atom. The van der Waals surface area contributed by atoms with Gasteiger partial charge in [0, 0.05) is 38.8 Å². The lowest BCUT2D eigenvalue weighted by Crippen LogP contribution is -2.46. The fourth-order valence-corrected chi connectivity index (χ4v) is 3.56. The average Bonchev–Trinajstić information content (AvgIpc) is 2.68. The monoisotopic (exact) mass is 384 g/mol. The molecule has 2 aromatic carbocycles. The highest BCUT2D eigenvalue weighted by molar-refractivity contribution is 6.30. The number of carbonyl (C=O) groups excluding carboxylic acids is 1. The number of hydrogen-bond donors (Lipinski definition) is 1. The molecule has 0 saturated heterocycles. The molecule has 6 heteroatoms. The van der Waals surface area contributed by atoms with Gasteiger partial charge >= 0.3 is 0 Å². The van der Waals surface area contributed by atoms with E-state index in [4.69, 9.17) is 11.6 Å². The van der Waals surface area contributed by atoms with Crippen LogP contribution < -0.4 is 5.32 Å². The molecule has 1 aliphatic heterocycles. The normalized spacial score (nSPS) is 13.9. The smallest absolute Gasteiger partial charge is 0.242 e. The van der Waals surface area contributed by atoms with Crippen LogP contribution in [0, 0.1) is 0 Å². The number of guanidine groups is 1. The molecule has 27 heavy (non-hydrogen) atoms. The van der Waals surface area contributed by atoms with Gasteiger partial charge in [-0.2, -0.15) is 0 Å². The zero-order valence-electron chi connectivity index (χ0n) is 15.8. The molecular weight excluding hydrogens is 360 g/mol. The van der Waals surface area contributed by atoms with Gasteiger partial charge in [-0.05, 0) is 35.2 Å². The number of fused-ring (bicyclic) bond motifs is 1. The van der Waals surface area contributed by atoms with E-state index in [1.165, 1.54) is 11.1 Å². The minimum absolute atomic E-state index is 0.0850. The lowest BCUT2D eigenvalue weighted by Gasteiger charge is -2.29. The van der Waals surface area contributed by atoms with E-state index in [1.54, 1.807) is 7.05 Å². The molecule has 142 valence electrons. The van der Waals surface area contributed by atoms with Crippen LogP contribution in [-0.4, -0.2) is 48.9 Å². The summed E-state index contributed by atoms with van der Waals surface area (Å²) >= 11 is 6.05. The van der Waals surface area contributed by atoms with Gasteiger partial charge in [0.05, 0.1) is 6.54 Å². The van der Waals surface area contributed by atoms with Gasteiger partial charge in [0.2, 0.25) is 5.91 Å².